The van der Waals surface area contributed by atoms with Crippen LogP contribution in [0.25, 0.3) is 0 Å². The predicted octanol–water partition coefficient (Wildman–Crippen LogP) is 7.71. The summed E-state index contributed by atoms with van der Waals surface area (Å²) in [5.74, 6) is 6.64. The van der Waals surface area contributed by atoms with Gasteiger partial charge >= 0.3 is 0 Å². The highest BCUT2D eigenvalue weighted by Gasteiger charge is 2.31. The zero-order valence-corrected chi connectivity index (χ0v) is 18.2. The van der Waals surface area contributed by atoms with Crippen LogP contribution in [0.1, 0.15) is 105 Å². The molecular weight excluding hydrogens is 308 g/mol. The number of hydrogen-bond donors (Lipinski definition) is 0. The van der Waals surface area contributed by atoms with E-state index in [0.29, 0.717) is 6.61 Å². The third-order valence-corrected chi connectivity index (χ3v) is 9.84. The molecule has 0 aromatic rings. The van der Waals surface area contributed by atoms with Crippen LogP contribution < -0.4 is 0 Å². The first-order valence-electron chi connectivity index (χ1n) is 10.8. The highest BCUT2D eigenvalue weighted by molar-refractivity contribution is 6.73. The van der Waals surface area contributed by atoms with Crippen LogP contribution in [0.5, 0.6) is 0 Å². The molecule has 0 saturated carbocycles. The van der Waals surface area contributed by atoms with E-state index >= 15 is 0 Å². The smallest absolute Gasteiger partial charge is 0.194 e. The van der Waals surface area contributed by atoms with Crippen LogP contribution >= 0.6 is 0 Å². The van der Waals surface area contributed by atoms with Crippen molar-refractivity contribution in [3.63, 3.8) is 0 Å². The molecule has 0 atom stereocenters. The van der Waals surface area contributed by atoms with Crippen molar-refractivity contribution in [3.05, 3.63) is 0 Å². The Bertz CT molecular complexity index is 299. The Kier molecular flexibility index (Phi) is 17.4. The fourth-order valence-corrected chi connectivity index (χ4v) is 7.93. The van der Waals surface area contributed by atoms with Crippen LogP contribution in [0.4, 0.5) is 0 Å². The lowest BCUT2D eigenvalue weighted by Gasteiger charge is -2.30. The molecule has 0 aromatic heterocycles. The van der Waals surface area contributed by atoms with Gasteiger partial charge in [-0.3, -0.25) is 0 Å². The van der Waals surface area contributed by atoms with Gasteiger partial charge in [0.05, 0.1) is 6.61 Å². The average Bonchev–Trinajstić information content (AvgIpc) is 2.56. The third-order valence-electron chi connectivity index (χ3n) is 4.85. The Morgan fingerprint density at radius 2 is 1.08 bits per heavy atom. The van der Waals surface area contributed by atoms with Crippen molar-refractivity contribution in [3.8, 4) is 11.8 Å². The highest BCUT2D eigenvalue weighted by Crippen LogP contribution is 2.27. The lowest BCUT2D eigenvalue weighted by molar-refractivity contribution is 0.344. The first-order chi connectivity index (χ1) is 11.7. The molecule has 0 N–H and O–H groups in total. The maximum Gasteiger partial charge on any atom is 0.194 e. The maximum absolute atomic E-state index is 6.40. The quantitative estimate of drug-likeness (QED) is 0.157. The predicted molar refractivity (Wildman–Crippen MR) is 112 cm³/mol. The van der Waals surface area contributed by atoms with Crippen molar-refractivity contribution in [2.75, 3.05) is 6.61 Å². The molecule has 0 unspecified atom stereocenters. The van der Waals surface area contributed by atoms with Gasteiger partial charge in [-0.2, -0.15) is 0 Å². The Balaban J connectivity index is 3.82. The molecule has 0 spiro atoms. The first kappa shape index (κ1) is 23.7. The Morgan fingerprint density at radius 3 is 1.58 bits per heavy atom. The van der Waals surface area contributed by atoms with Gasteiger partial charge in [0.25, 0.3) is 0 Å². The Labute approximate surface area is 154 Å². The minimum absolute atomic E-state index is 0.684. The molecule has 0 bridgehead atoms. The van der Waals surface area contributed by atoms with Crippen molar-refractivity contribution in [2.45, 2.75) is 123 Å². The topological polar surface area (TPSA) is 9.23 Å². The number of rotatable bonds is 16. The van der Waals surface area contributed by atoms with Gasteiger partial charge in [0.2, 0.25) is 0 Å². The third kappa shape index (κ3) is 13.1. The normalized spacial score (nSPS) is 11.3. The van der Waals surface area contributed by atoms with Gasteiger partial charge < -0.3 is 4.43 Å². The lowest BCUT2D eigenvalue weighted by Crippen LogP contribution is -2.37. The summed E-state index contributed by atoms with van der Waals surface area (Å²) in [4.78, 5) is 0. The molecule has 0 heterocycles. The van der Waals surface area contributed by atoms with E-state index < -0.39 is 8.32 Å². The molecule has 0 radical (unpaired) electrons. The van der Waals surface area contributed by atoms with Crippen molar-refractivity contribution in [1.82, 2.24) is 0 Å². The summed E-state index contributed by atoms with van der Waals surface area (Å²) >= 11 is 0. The van der Waals surface area contributed by atoms with E-state index in [1.807, 2.05) is 0 Å². The Hall–Kier alpha value is -0.263. The molecule has 0 amide bonds. The standard InChI is InChI=1S/C22H44OSi/c1-5-9-10-11-12-13-14-15-16-17-18-19-23-24(20-6-2,21-7-3)22-8-4/h5-16,19-22H2,1-4H3. The van der Waals surface area contributed by atoms with Crippen molar-refractivity contribution >= 4 is 8.32 Å². The summed E-state index contributed by atoms with van der Waals surface area (Å²) in [7, 11) is -1.50. The number of unbranched alkanes of at least 4 members (excludes halogenated alkanes) is 8. The molecule has 0 aliphatic rings. The minimum Gasteiger partial charge on any atom is -0.406 e. The van der Waals surface area contributed by atoms with Gasteiger partial charge in [0.1, 0.15) is 0 Å². The van der Waals surface area contributed by atoms with Gasteiger partial charge in [-0.05, 0) is 24.6 Å². The monoisotopic (exact) mass is 352 g/mol. The van der Waals surface area contributed by atoms with Gasteiger partial charge in [-0.15, -0.1) is 5.92 Å². The van der Waals surface area contributed by atoms with E-state index in [1.165, 1.54) is 88.8 Å². The second-order valence-electron chi connectivity index (χ2n) is 7.30. The van der Waals surface area contributed by atoms with Crippen LogP contribution in [-0.2, 0) is 4.43 Å². The summed E-state index contributed by atoms with van der Waals surface area (Å²) in [5.41, 5.74) is 0. The van der Waals surface area contributed by atoms with Crippen molar-refractivity contribution in [2.24, 2.45) is 0 Å². The van der Waals surface area contributed by atoms with Crippen LogP contribution in [0.3, 0.4) is 0 Å². The molecule has 0 aliphatic heterocycles. The van der Waals surface area contributed by atoms with E-state index in [4.69, 9.17) is 4.43 Å². The van der Waals surface area contributed by atoms with Crippen LogP contribution in [0, 0.1) is 11.8 Å². The second-order valence-corrected chi connectivity index (χ2v) is 11.5. The lowest BCUT2D eigenvalue weighted by atomic mass is 10.1. The molecule has 2 heteroatoms. The second kappa shape index (κ2) is 17.6. The van der Waals surface area contributed by atoms with Gasteiger partial charge in [-0.25, -0.2) is 0 Å². The largest absolute Gasteiger partial charge is 0.406 e. The molecule has 0 fully saturated rings. The van der Waals surface area contributed by atoms with E-state index in [9.17, 15) is 0 Å². The SMILES string of the molecule is CCCCCCCCCCC#CCO[Si](CCC)(CCC)CCC. The summed E-state index contributed by atoms with van der Waals surface area (Å²) in [6.07, 6.45) is 15.9. The summed E-state index contributed by atoms with van der Waals surface area (Å²) in [6, 6.07) is 3.94. The molecule has 142 valence electrons. The summed E-state index contributed by atoms with van der Waals surface area (Å²) < 4.78 is 6.40. The van der Waals surface area contributed by atoms with Gasteiger partial charge in [0, 0.05) is 6.42 Å². The molecule has 0 rings (SSSR count). The van der Waals surface area contributed by atoms with Gasteiger partial charge in [-0.1, -0.05) is 97.8 Å². The fourth-order valence-electron chi connectivity index (χ4n) is 3.63. The highest BCUT2D eigenvalue weighted by atomic mass is 28.4. The zero-order valence-electron chi connectivity index (χ0n) is 17.2. The van der Waals surface area contributed by atoms with E-state index in [2.05, 4.69) is 39.5 Å². The maximum atomic E-state index is 6.40. The van der Waals surface area contributed by atoms with Crippen LogP contribution in [0.15, 0.2) is 0 Å². The van der Waals surface area contributed by atoms with E-state index in [1.54, 1.807) is 0 Å². The molecule has 0 saturated heterocycles. The number of hydrogen-bond acceptors (Lipinski definition) is 1. The van der Waals surface area contributed by atoms with Crippen molar-refractivity contribution in [1.29, 1.82) is 0 Å². The first-order valence-corrected chi connectivity index (χ1v) is 13.4. The fraction of sp³-hybridized carbons (Fsp3) is 0.909. The summed E-state index contributed by atoms with van der Waals surface area (Å²) in [6.45, 7) is 9.85. The van der Waals surface area contributed by atoms with Crippen molar-refractivity contribution < 1.29 is 4.43 Å². The van der Waals surface area contributed by atoms with Crippen LogP contribution in [0.2, 0.25) is 18.1 Å². The summed E-state index contributed by atoms with van der Waals surface area (Å²) in [5, 5.41) is 0. The van der Waals surface area contributed by atoms with E-state index in [-0.39, 0.29) is 0 Å². The van der Waals surface area contributed by atoms with Gasteiger partial charge in [0.15, 0.2) is 8.32 Å². The molecule has 1 nitrogen and oxygen atoms in total. The molecule has 0 aromatic carbocycles. The average molecular weight is 353 g/mol. The van der Waals surface area contributed by atoms with Crippen LogP contribution in [-0.4, -0.2) is 14.9 Å². The zero-order chi connectivity index (χ0) is 17.9. The Morgan fingerprint density at radius 1 is 0.583 bits per heavy atom. The minimum atomic E-state index is -1.50. The van der Waals surface area contributed by atoms with E-state index in [0.717, 1.165) is 6.42 Å². The molecular formula is C22H44OSi. The molecule has 24 heavy (non-hydrogen) atoms. The molecule has 0 aliphatic carbocycles.